The summed E-state index contributed by atoms with van der Waals surface area (Å²) in [6.07, 6.45) is 9.12. The molecular formula is C21H33FN2. The Labute approximate surface area is 146 Å². The predicted molar refractivity (Wildman–Crippen MR) is 99.0 cm³/mol. The van der Waals surface area contributed by atoms with Gasteiger partial charge in [-0.25, -0.2) is 4.39 Å². The Morgan fingerprint density at radius 1 is 1.08 bits per heavy atom. The average molecular weight is 333 g/mol. The third-order valence-electron chi connectivity index (χ3n) is 6.22. The Balaban J connectivity index is 1.37. The molecule has 24 heavy (non-hydrogen) atoms. The number of aryl methyl sites for hydroxylation is 1. The van der Waals surface area contributed by atoms with Crippen molar-refractivity contribution in [1.29, 1.82) is 0 Å². The molecule has 1 saturated carbocycles. The Morgan fingerprint density at radius 3 is 2.46 bits per heavy atom. The zero-order valence-corrected chi connectivity index (χ0v) is 15.4. The molecule has 1 aliphatic heterocycles. The van der Waals surface area contributed by atoms with Gasteiger partial charge >= 0.3 is 0 Å². The van der Waals surface area contributed by atoms with Crippen molar-refractivity contribution < 1.29 is 4.39 Å². The van der Waals surface area contributed by atoms with Crippen LogP contribution < -0.4 is 5.32 Å². The van der Waals surface area contributed by atoms with Crippen molar-refractivity contribution in [1.82, 2.24) is 10.2 Å². The smallest absolute Gasteiger partial charge is 0.123 e. The first-order valence-corrected chi connectivity index (χ1v) is 9.80. The fraction of sp³-hybridized carbons (Fsp3) is 0.714. The van der Waals surface area contributed by atoms with Gasteiger partial charge in [0.05, 0.1) is 0 Å². The summed E-state index contributed by atoms with van der Waals surface area (Å²) in [5.41, 5.74) is 2.50. The second kappa shape index (κ2) is 8.44. The monoisotopic (exact) mass is 332 g/mol. The van der Waals surface area contributed by atoms with Crippen LogP contribution in [0, 0.1) is 18.7 Å². The molecule has 1 heterocycles. The number of hydrogen-bond donors (Lipinski definition) is 1. The van der Waals surface area contributed by atoms with E-state index in [1.807, 2.05) is 6.07 Å². The van der Waals surface area contributed by atoms with Gasteiger partial charge < -0.3 is 10.2 Å². The molecule has 1 aromatic rings. The van der Waals surface area contributed by atoms with E-state index < -0.39 is 0 Å². The minimum absolute atomic E-state index is 0.107. The van der Waals surface area contributed by atoms with Crippen molar-refractivity contribution >= 4 is 0 Å². The molecule has 3 heteroatoms. The summed E-state index contributed by atoms with van der Waals surface area (Å²) in [4.78, 5) is 2.43. The lowest BCUT2D eigenvalue weighted by molar-refractivity contribution is 0.228. The molecule has 1 aliphatic carbocycles. The maximum atomic E-state index is 13.3. The number of halogens is 1. The number of benzene rings is 1. The largest absolute Gasteiger partial charge is 0.314 e. The molecule has 1 saturated heterocycles. The van der Waals surface area contributed by atoms with Gasteiger partial charge in [0.2, 0.25) is 0 Å². The Morgan fingerprint density at radius 2 is 1.79 bits per heavy atom. The number of piperidine rings is 1. The van der Waals surface area contributed by atoms with Crippen LogP contribution in [0.25, 0.3) is 0 Å². The molecule has 134 valence electrons. The van der Waals surface area contributed by atoms with Gasteiger partial charge in [0.1, 0.15) is 5.82 Å². The number of rotatable bonds is 5. The van der Waals surface area contributed by atoms with Crippen molar-refractivity contribution in [3.8, 4) is 0 Å². The summed E-state index contributed by atoms with van der Waals surface area (Å²) < 4.78 is 13.3. The number of nitrogens with zero attached hydrogens (tertiary/aromatic N) is 1. The highest BCUT2D eigenvalue weighted by Crippen LogP contribution is 2.38. The van der Waals surface area contributed by atoms with E-state index in [0.29, 0.717) is 5.92 Å². The molecule has 0 unspecified atom stereocenters. The van der Waals surface area contributed by atoms with E-state index in [-0.39, 0.29) is 5.82 Å². The fourth-order valence-electron chi connectivity index (χ4n) is 4.56. The van der Waals surface area contributed by atoms with Crippen LogP contribution in [0.5, 0.6) is 0 Å². The average Bonchev–Trinajstić information content (AvgIpc) is 2.58. The minimum atomic E-state index is -0.107. The first kappa shape index (κ1) is 17.9. The number of hydrogen-bond acceptors (Lipinski definition) is 2. The maximum Gasteiger partial charge on any atom is 0.123 e. The molecule has 2 fully saturated rings. The second-order valence-electron chi connectivity index (χ2n) is 8.04. The van der Waals surface area contributed by atoms with E-state index in [9.17, 15) is 4.39 Å². The molecule has 0 amide bonds. The molecule has 2 nitrogen and oxygen atoms in total. The third-order valence-corrected chi connectivity index (χ3v) is 6.22. The van der Waals surface area contributed by atoms with E-state index >= 15 is 0 Å². The van der Waals surface area contributed by atoms with Gasteiger partial charge in [0.25, 0.3) is 0 Å². The van der Waals surface area contributed by atoms with Crippen LogP contribution in [-0.2, 0) is 0 Å². The van der Waals surface area contributed by atoms with Gasteiger partial charge in [0.15, 0.2) is 0 Å². The molecule has 1 aromatic carbocycles. The van der Waals surface area contributed by atoms with Crippen molar-refractivity contribution in [3.63, 3.8) is 0 Å². The van der Waals surface area contributed by atoms with Crippen LogP contribution in [0.3, 0.4) is 0 Å². The van der Waals surface area contributed by atoms with Gasteiger partial charge in [0, 0.05) is 6.04 Å². The summed E-state index contributed by atoms with van der Waals surface area (Å²) in [6.45, 7) is 5.70. The Kier molecular flexibility index (Phi) is 6.29. The Hall–Kier alpha value is -0.930. The third kappa shape index (κ3) is 4.80. The van der Waals surface area contributed by atoms with Crippen molar-refractivity contribution in [3.05, 3.63) is 35.1 Å². The molecule has 0 radical (unpaired) electrons. The van der Waals surface area contributed by atoms with Crippen LogP contribution in [0.15, 0.2) is 18.2 Å². The van der Waals surface area contributed by atoms with Crippen LogP contribution in [-0.4, -0.2) is 37.6 Å². The van der Waals surface area contributed by atoms with Gasteiger partial charge in [-0.1, -0.05) is 6.07 Å². The molecule has 0 bridgehead atoms. The van der Waals surface area contributed by atoms with Crippen molar-refractivity contribution in [2.75, 3.05) is 26.7 Å². The first-order valence-electron chi connectivity index (χ1n) is 9.80. The van der Waals surface area contributed by atoms with Crippen LogP contribution >= 0.6 is 0 Å². The van der Waals surface area contributed by atoms with E-state index in [0.717, 1.165) is 17.5 Å². The summed E-state index contributed by atoms with van der Waals surface area (Å²) in [5, 5.41) is 3.78. The highest BCUT2D eigenvalue weighted by molar-refractivity contribution is 5.30. The molecule has 1 N–H and O–H groups in total. The van der Waals surface area contributed by atoms with Crippen LogP contribution in [0.4, 0.5) is 4.39 Å². The first-order chi connectivity index (χ1) is 11.6. The topological polar surface area (TPSA) is 15.3 Å². The lowest BCUT2D eigenvalue weighted by atomic mass is 9.76. The molecular weight excluding hydrogens is 299 g/mol. The SMILES string of the molecule is Cc1cc(F)ccc1C1CCC(CCNC2CCN(C)CC2)CC1. The zero-order valence-electron chi connectivity index (χ0n) is 15.4. The molecule has 0 aromatic heterocycles. The van der Waals surface area contributed by atoms with Gasteiger partial charge in [-0.2, -0.15) is 0 Å². The molecule has 2 aliphatic rings. The number of likely N-dealkylation sites (tertiary alicyclic amines) is 1. The van der Waals surface area contributed by atoms with Gasteiger partial charge in [-0.15, -0.1) is 0 Å². The standard InChI is InChI=1S/C21H33FN2/c1-16-15-19(22)7-8-21(16)18-5-3-17(4-6-18)9-12-23-20-10-13-24(2)14-11-20/h7-8,15,17-18,20,23H,3-6,9-14H2,1-2H3. The summed E-state index contributed by atoms with van der Waals surface area (Å²) in [5.74, 6) is 1.41. The van der Waals surface area contributed by atoms with E-state index in [4.69, 9.17) is 0 Å². The highest BCUT2D eigenvalue weighted by Gasteiger charge is 2.24. The van der Waals surface area contributed by atoms with E-state index in [2.05, 4.69) is 24.2 Å². The maximum absolute atomic E-state index is 13.3. The summed E-state index contributed by atoms with van der Waals surface area (Å²) >= 11 is 0. The van der Waals surface area contributed by atoms with E-state index in [1.54, 1.807) is 12.1 Å². The highest BCUT2D eigenvalue weighted by atomic mass is 19.1. The molecule has 3 rings (SSSR count). The van der Waals surface area contributed by atoms with Crippen LogP contribution in [0.1, 0.15) is 62.0 Å². The Bertz CT molecular complexity index is 515. The quantitative estimate of drug-likeness (QED) is 0.855. The second-order valence-corrected chi connectivity index (χ2v) is 8.04. The van der Waals surface area contributed by atoms with Gasteiger partial charge in [-0.05, 0) is 114 Å². The van der Waals surface area contributed by atoms with Crippen LogP contribution in [0.2, 0.25) is 0 Å². The summed E-state index contributed by atoms with van der Waals surface area (Å²) in [6, 6.07) is 6.06. The van der Waals surface area contributed by atoms with E-state index in [1.165, 1.54) is 70.1 Å². The fourth-order valence-corrected chi connectivity index (χ4v) is 4.56. The minimum Gasteiger partial charge on any atom is -0.314 e. The summed E-state index contributed by atoms with van der Waals surface area (Å²) in [7, 11) is 2.22. The zero-order chi connectivity index (χ0) is 16.9. The molecule has 0 spiro atoms. The van der Waals surface area contributed by atoms with Crippen molar-refractivity contribution in [2.24, 2.45) is 5.92 Å². The van der Waals surface area contributed by atoms with Gasteiger partial charge in [-0.3, -0.25) is 0 Å². The lowest BCUT2D eigenvalue weighted by Gasteiger charge is -2.32. The van der Waals surface area contributed by atoms with Crippen molar-refractivity contribution in [2.45, 2.75) is 63.8 Å². The number of nitrogens with one attached hydrogen (secondary N) is 1. The lowest BCUT2D eigenvalue weighted by Crippen LogP contribution is -2.41. The normalized spacial score (nSPS) is 26.6. The predicted octanol–water partition coefficient (Wildman–Crippen LogP) is 4.48. The molecule has 0 atom stereocenters.